The van der Waals surface area contributed by atoms with Crippen molar-refractivity contribution in [3.8, 4) is 0 Å². The molecule has 6 nitrogen and oxygen atoms in total. The van der Waals surface area contributed by atoms with Gasteiger partial charge in [0.1, 0.15) is 0 Å². The van der Waals surface area contributed by atoms with Crippen molar-refractivity contribution < 1.29 is 14.2 Å². The minimum Gasteiger partial charge on any atom is -0.378 e. The molecule has 4 aliphatic rings. The summed E-state index contributed by atoms with van der Waals surface area (Å²) >= 11 is 0. The van der Waals surface area contributed by atoms with Gasteiger partial charge in [-0.1, -0.05) is 27.7 Å². The van der Waals surface area contributed by atoms with E-state index >= 15 is 0 Å². The van der Waals surface area contributed by atoms with Crippen LogP contribution in [0.15, 0.2) is 0 Å². The average Bonchev–Trinajstić information content (AvgIpc) is 3.23. The number of ether oxygens (including phenoxy) is 3. The molecule has 4 rings (SSSR count). The van der Waals surface area contributed by atoms with E-state index in [0.29, 0.717) is 78.9 Å². The fourth-order valence-corrected chi connectivity index (χ4v) is 9.75. The Balaban J connectivity index is 1.63. The summed E-state index contributed by atoms with van der Waals surface area (Å²) in [4.78, 5) is 0. The summed E-state index contributed by atoms with van der Waals surface area (Å²) < 4.78 is 20.0. The van der Waals surface area contributed by atoms with Gasteiger partial charge >= 0.3 is 0 Å². The molecule has 4 saturated carbocycles. The molecule has 6 heteroatoms. The van der Waals surface area contributed by atoms with Gasteiger partial charge in [0.2, 0.25) is 0 Å². The molecule has 0 heterocycles. The van der Waals surface area contributed by atoms with E-state index in [-0.39, 0.29) is 5.41 Å². The lowest BCUT2D eigenvalue weighted by molar-refractivity contribution is -0.227. The van der Waals surface area contributed by atoms with Crippen LogP contribution >= 0.6 is 0 Å². The molecular formula is C31H59N3O3. The first-order valence-corrected chi connectivity index (χ1v) is 15.8. The molecule has 0 aromatic carbocycles. The van der Waals surface area contributed by atoms with Crippen molar-refractivity contribution in [2.75, 3.05) is 39.5 Å². The van der Waals surface area contributed by atoms with Gasteiger partial charge in [0.15, 0.2) is 0 Å². The molecule has 0 aromatic heterocycles. The highest BCUT2D eigenvalue weighted by Gasteiger charge is 2.66. The fourth-order valence-electron chi connectivity index (χ4n) is 9.75. The van der Waals surface area contributed by atoms with E-state index in [9.17, 15) is 0 Å². The van der Waals surface area contributed by atoms with Gasteiger partial charge in [-0.15, -0.1) is 0 Å². The highest BCUT2D eigenvalue weighted by atomic mass is 16.5. The third-order valence-corrected chi connectivity index (χ3v) is 11.6. The molecule has 216 valence electrons. The third-order valence-electron chi connectivity index (χ3n) is 11.6. The highest BCUT2D eigenvalue weighted by Crippen LogP contribution is 2.69. The summed E-state index contributed by atoms with van der Waals surface area (Å²) in [5.74, 6) is 3.97. The summed E-state index contributed by atoms with van der Waals surface area (Å²) in [6, 6.07) is 0. The minimum atomic E-state index is 0.213. The van der Waals surface area contributed by atoms with Crippen LogP contribution in [0.5, 0.6) is 0 Å². The van der Waals surface area contributed by atoms with Crippen molar-refractivity contribution in [3.63, 3.8) is 0 Å². The molecule has 0 spiro atoms. The lowest BCUT2D eigenvalue weighted by atomic mass is 9.43. The molecule has 4 aliphatic carbocycles. The SMILES string of the molecule is CC(C)C1CC[C@H]2C3C(OCCCN)CC4C[C@H](OCCCN)CC[C@]4(C)C3C[C@H](OCCCN)C12C. The maximum Gasteiger partial charge on any atom is 0.0637 e. The summed E-state index contributed by atoms with van der Waals surface area (Å²) in [6.07, 6.45) is 12.5. The van der Waals surface area contributed by atoms with Crippen LogP contribution in [0, 0.1) is 46.3 Å². The smallest absolute Gasteiger partial charge is 0.0637 e. The largest absolute Gasteiger partial charge is 0.378 e. The van der Waals surface area contributed by atoms with Gasteiger partial charge < -0.3 is 31.4 Å². The van der Waals surface area contributed by atoms with Crippen molar-refractivity contribution in [2.45, 2.75) is 110 Å². The highest BCUT2D eigenvalue weighted by molar-refractivity contribution is 5.15. The molecule has 0 radical (unpaired) electrons. The van der Waals surface area contributed by atoms with Crippen LogP contribution in [0.3, 0.4) is 0 Å². The van der Waals surface area contributed by atoms with Crippen LogP contribution in [0.1, 0.15) is 91.9 Å². The Bertz CT molecular complexity index is 707. The van der Waals surface area contributed by atoms with E-state index in [1.807, 2.05) is 0 Å². The van der Waals surface area contributed by atoms with Crippen LogP contribution in [0.25, 0.3) is 0 Å². The Labute approximate surface area is 227 Å². The Morgan fingerprint density at radius 3 is 2.05 bits per heavy atom. The Morgan fingerprint density at radius 1 is 0.757 bits per heavy atom. The molecule has 0 amide bonds. The second kappa shape index (κ2) is 13.0. The molecule has 0 bridgehead atoms. The predicted octanol–water partition coefficient (Wildman–Crippen LogP) is 4.72. The number of nitrogens with two attached hydrogens (primary N) is 3. The normalized spacial score (nSPS) is 43.5. The van der Waals surface area contributed by atoms with Gasteiger partial charge in [-0.05, 0) is 125 Å². The Morgan fingerprint density at radius 2 is 1.41 bits per heavy atom. The molecule has 0 aliphatic heterocycles. The third kappa shape index (κ3) is 5.81. The summed E-state index contributed by atoms with van der Waals surface area (Å²) in [5.41, 5.74) is 18.0. The van der Waals surface area contributed by atoms with Crippen LogP contribution in [-0.2, 0) is 14.2 Å². The van der Waals surface area contributed by atoms with Gasteiger partial charge in [-0.2, -0.15) is 0 Å². The van der Waals surface area contributed by atoms with Crippen LogP contribution in [-0.4, -0.2) is 57.8 Å². The van der Waals surface area contributed by atoms with Gasteiger partial charge in [-0.3, -0.25) is 0 Å². The van der Waals surface area contributed by atoms with E-state index in [2.05, 4.69) is 27.7 Å². The predicted molar refractivity (Wildman–Crippen MR) is 151 cm³/mol. The number of fused-ring (bicyclic) bond motifs is 5. The van der Waals surface area contributed by atoms with E-state index < -0.39 is 0 Å². The summed E-state index contributed by atoms with van der Waals surface area (Å²) in [5, 5.41) is 0. The molecule has 0 saturated heterocycles. The second-order valence-corrected chi connectivity index (χ2v) is 13.7. The number of hydrogen-bond acceptors (Lipinski definition) is 6. The topological polar surface area (TPSA) is 106 Å². The molecule has 6 N–H and O–H groups in total. The lowest BCUT2D eigenvalue weighted by Crippen LogP contribution is -2.63. The molecule has 37 heavy (non-hydrogen) atoms. The first-order valence-electron chi connectivity index (χ1n) is 15.8. The summed E-state index contributed by atoms with van der Waals surface area (Å²) in [7, 11) is 0. The summed E-state index contributed by atoms with van der Waals surface area (Å²) in [6.45, 7) is 14.6. The minimum absolute atomic E-state index is 0.213. The van der Waals surface area contributed by atoms with Crippen molar-refractivity contribution in [3.05, 3.63) is 0 Å². The van der Waals surface area contributed by atoms with E-state index in [1.165, 1.54) is 38.5 Å². The van der Waals surface area contributed by atoms with Gasteiger partial charge in [-0.25, -0.2) is 0 Å². The standard InChI is InChI=1S/C31H59N3O3/c1-21(2)24-8-9-25-29-26(20-28(31(24,25)4)37-17-7-14-34)30(3)11-10-23(35-15-5-12-32)18-22(30)19-27(29)36-16-6-13-33/h21-29H,5-20,32-34H2,1-4H3/t22?,23-,24?,25+,26?,27?,28+,29?,30+,31?/m1/s1. The van der Waals surface area contributed by atoms with Crippen molar-refractivity contribution in [1.82, 2.24) is 0 Å². The van der Waals surface area contributed by atoms with E-state index in [4.69, 9.17) is 31.4 Å². The number of rotatable bonds is 13. The first kappa shape index (κ1) is 29.7. The molecular weight excluding hydrogens is 462 g/mol. The van der Waals surface area contributed by atoms with Crippen molar-refractivity contribution in [1.29, 1.82) is 0 Å². The molecule has 6 unspecified atom stereocenters. The number of hydrogen-bond donors (Lipinski definition) is 3. The lowest BCUT2D eigenvalue weighted by Gasteiger charge is -2.64. The molecule has 0 aromatic rings. The van der Waals surface area contributed by atoms with Gasteiger partial charge in [0.25, 0.3) is 0 Å². The van der Waals surface area contributed by atoms with E-state index in [1.54, 1.807) is 0 Å². The van der Waals surface area contributed by atoms with Crippen molar-refractivity contribution in [2.24, 2.45) is 63.5 Å². The zero-order valence-electron chi connectivity index (χ0n) is 24.5. The monoisotopic (exact) mass is 521 g/mol. The quantitative estimate of drug-likeness (QED) is 0.303. The second-order valence-electron chi connectivity index (χ2n) is 13.7. The van der Waals surface area contributed by atoms with Gasteiger partial charge in [0.05, 0.1) is 18.3 Å². The van der Waals surface area contributed by atoms with Crippen LogP contribution < -0.4 is 17.2 Å². The van der Waals surface area contributed by atoms with E-state index in [0.717, 1.165) is 45.5 Å². The fraction of sp³-hybridized carbons (Fsp3) is 1.00. The molecule has 10 atom stereocenters. The zero-order valence-corrected chi connectivity index (χ0v) is 24.5. The van der Waals surface area contributed by atoms with Gasteiger partial charge in [0, 0.05) is 25.2 Å². The maximum absolute atomic E-state index is 6.84. The first-order chi connectivity index (χ1) is 17.8. The Kier molecular flexibility index (Phi) is 10.4. The van der Waals surface area contributed by atoms with Crippen LogP contribution in [0.2, 0.25) is 0 Å². The van der Waals surface area contributed by atoms with Crippen LogP contribution in [0.4, 0.5) is 0 Å². The molecule has 4 fully saturated rings. The average molecular weight is 522 g/mol. The zero-order chi connectivity index (χ0) is 26.6. The van der Waals surface area contributed by atoms with Crippen molar-refractivity contribution >= 4 is 0 Å². The Hall–Kier alpha value is -0.240. The maximum atomic E-state index is 6.84.